The zero-order valence-electron chi connectivity index (χ0n) is 10.4. The highest BCUT2D eigenvalue weighted by Crippen LogP contribution is 2.17. The molecule has 0 spiro atoms. The number of aliphatic hydroxyl groups excluding tert-OH is 1. The van der Waals surface area contributed by atoms with Crippen molar-refractivity contribution in [3.05, 3.63) is 35.9 Å². The lowest BCUT2D eigenvalue weighted by molar-refractivity contribution is 0.155. The highest BCUT2D eigenvalue weighted by Gasteiger charge is 2.25. The molecule has 0 aromatic heterocycles. The van der Waals surface area contributed by atoms with E-state index in [0.717, 1.165) is 19.5 Å². The van der Waals surface area contributed by atoms with Crippen molar-refractivity contribution in [3.8, 4) is 0 Å². The first-order chi connectivity index (χ1) is 8.31. The molecule has 3 N–H and O–H groups in total. The van der Waals surface area contributed by atoms with Gasteiger partial charge in [-0.1, -0.05) is 30.3 Å². The summed E-state index contributed by atoms with van der Waals surface area (Å²) < 4.78 is 0. The van der Waals surface area contributed by atoms with E-state index in [1.54, 1.807) is 0 Å². The Balaban J connectivity index is 1.95. The van der Waals surface area contributed by atoms with E-state index in [1.807, 2.05) is 6.07 Å². The van der Waals surface area contributed by atoms with Crippen LogP contribution in [0.2, 0.25) is 0 Å². The van der Waals surface area contributed by atoms with Crippen LogP contribution in [0.5, 0.6) is 0 Å². The second kappa shape index (κ2) is 6.15. The molecule has 0 saturated carbocycles. The van der Waals surface area contributed by atoms with E-state index in [4.69, 9.17) is 0 Å². The fourth-order valence-electron chi connectivity index (χ4n) is 2.49. The summed E-state index contributed by atoms with van der Waals surface area (Å²) in [6.45, 7) is 4.42. The van der Waals surface area contributed by atoms with Crippen molar-refractivity contribution in [2.75, 3.05) is 19.7 Å². The third kappa shape index (κ3) is 3.28. The number of nitrogens with one attached hydrogen (secondary N) is 2. The van der Waals surface area contributed by atoms with Gasteiger partial charge in [0.15, 0.2) is 0 Å². The van der Waals surface area contributed by atoms with Crippen molar-refractivity contribution in [2.45, 2.75) is 25.4 Å². The number of benzene rings is 1. The van der Waals surface area contributed by atoms with Gasteiger partial charge in [-0.3, -0.25) is 0 Å². The Labute approximate surface area is 103 Å². The normalized spacial score (nSPS) is 26.7. The van der Waals surface area contributed by atoms with Gasteiger partial charge >= 0.3 is 0 Å². The Bertz CT molecular complexity index is 328. The first-order valence-electron chi connectivity index (χ1n) is 6.44. The van der Waals surface area contributed by atoms with Crippen molar-refractivity contribution < 1.29 is 5.11 Å². The monoisotopic (exact) mass is 234 g/mol. The lowest BCUT2D eigenvalue weighted by atomic mass is 9.92. The van der Waals surface area contributed by atoms with E-state index in [-0.39, 0.29) is 6.61 Å². The second-order valence-corrected chi connectivity index (χ2v) is 4.84. The summed E-state index contributed by atoms with van der Waals surface area (Å²) >= 11 is 0. The maximum Gasteiger partial charge on any atom is 0.0475 e. The number of piperidine rings is 1. The lowest BCUT2D eigenvalue weighted by Crippen LogP contribution is -2.50. The van der Waals surface area contributed by atoms with Gasteiger partial charge in [-0.15, -0.1) is 0 Å². The lowest BCUT2D eigenvalue weighted by Gasteiger charge is -2.34. The molecule has 1 fully saturated rings. The summed E-state index contributed by atoms with van der Waals surface area (Å²) in [7, 11) is 0. The molecular weight excluding hydrogens is 212 g/mol. The van der Waals surface area contributed by atoms with Gasteiger partial charge in [0.25, 0.3) is 0 Å². The molecule has 1 aliphatic rings. The Morgan fingerprint density at radius 3 is 2.88 bits per heavy atom. The minimum absolute atomic E-state index is 0.279. The van der Waals surface area contributed by atoms with E-state index in [2.05, 4.69) is 41.8 Å². The second-order valence-electron chi connectivity index (χ2n) is 4.84. The first kappa shape index (κ1) is 12.6. The fourth-order valence-corrected chi connectivity index (χ4v) is 2.49. The average Bonchev–Trinajstić information content (AvgIpc) is 2.40. The summed E-state index contributed by atoms with van der Waals surface area (Å²) in [4.78, 5) is 0. The van der Waals surface area contributed by atoms with E-state index in [1.165, 1.54) is 5.56 Å². The summed E-state index contributed by atoms with van der Waals surface area (Å²) in [5.74, 6) is 0.377. The minimum Gasteiger partial charge on any atom is -0.396 e. The number of hydrogen-bond acceptors (Lipinski definition) is 3. The van der Waals surface area contributed by atoms with Crippen LogP contribution in [0, 0.1) is 5.92 Å². The van der Waals surface area contributed by atoms with Crippen LogP contribution in [0.3, 0.4) is 0 Å². The largest absolute Gasteiger partial charge is 0.396 e. The average molecular weight is 234 g/mol. The molecule has 1 aliphatic heterocycles. The van der Waals surface area contributed by atoms with Gasteiger partial charge in [0.2, 0.25) is 0 Å². The molecule has 3 atom stereocenters. The third-order valence-electron chi connectivity index (χ3n) is 3.62. The molecule has 0 radical (unpaired) electrons. The van der Waals surface area contributed by atoms with Crippen molar-refractivity contribution in [2.24, 2.45) is 5.92 Å². The van der Waals surface area contributed by atoms with Crippen molar-refractivity contribution in [3.63, 3.8) is 0 Å². The minimum atomic E-state index is 0.279. The van der Waals surface area contributed by atoms with Gasteiger partial charge in [0.1, 0.15) is 0 Å². The van der Waals surface area contributed by atoms with Crippen LogP contribution >= 0.6 is 0 Å². The SMILES string of the molecule is C[C@@H](NC1CNCCC1CO)c1ccccc1. The molecule has 3 heteroatoms. The molecular formula is C14H22N2O. The van der Waals surface area contributed by atoms with Crippen LogP contribution in [0.15, 0.2) is 30.3 Å². The van der Waals surface area contributed by atoms with Gasteiger partial charge in [-0.2, -0.15) is 0 Å². The highest BCUT2D eigenvalue weighted by atomic mass is 16.3. The van der Waals surface area contributed by atoms with E-state index in [0.29, 0.717) is 18.0 Å². The van der Waals surface area contributed by atoms with Crippen LogP contribution in [0.4, 0.5) is 0 Å². The topological polar surface area (TPSA) is 44.3 Å². The van der Waals surface area contributed by atoms with Gasteiger partial charge in [0, 0.05) is 25.2 Å². The summed E-state index contributed by atoms with van der Waals surface area (Å²) in [5.41, 5.74) is 1.30. The van der Waals surface area contributed by atoms with E-state index >= 15 is 0 Å². The van der Waals surface area contributed by atoms with Crippen molar-refractivity contribution in [1.82, 2.24) is 10.6 Å². The number of aliphatic hydroxyl groups is 1. The zero-order valence-corrected chi connectivity index (χ0v) is 10.4. The highest BCUT2D eigenvalue weighted by molar-refractivity contribution is 5.18. The summed E-state index contributed by atoms with van der Waals surface area (Å²) in [6.07, 6.45) is 1.05. The Morgan fingerprint density at radius 2 is 2.18 bits per heavy atom. The number of hydrogen-bond donors (Lipinski definition) is 3. The Kier molecular flexibility index (Phi) is 4.54. The molecule has 0 amide bonds. The molecule has 1 aromatic carbocycles. The van der Waals surface area contributed by atoms with Gasteiger partial charge in [-0.05, 0) is 31.4 Å². The Morgan fingerprint density at radius 1 is 1.41 bits per heavy atom. The van der Waals surface area contributed by atoms with E-state index in [9.17, 15) is 5.11 Å². The molecule has 3 nitrogen and oxygen atoms in total. The van der Waals surface area contributed by atoms with Crippen LogP contribution in [0.25, 0.3) is 0 Å². The van der Waals surface area contributed by atoms with Crippen molar-refractivity contribution >= 4 is 0 Å². The van der Waals surface area contributed by atoms with Crippen LogP contribution < -0.4 is 10.6 Å². The van der Waals surface area contributed by atoms with Gasteiger partial charge in [-0.25, -0.2) is 0 Å². The smallest absolute Gasteiger partial charge is 0.0475 e. The maximum atomic E-state index is 9.38. The molecule has 0 aliphatic carbocycles. The summed E-state index contributed by atoms with van der Waals surface area (Å²) in [6, 6.07) is 11.1. The third-order valence-corrected chi connectivity index (χ3v) is 3.62. The number of rotatable bonds is 4. The molecule has 1 heterocycles. The molecule has 0 bridgehead atoms. The molecule has 94 valence electrons. The van der Waals surface area contributed by atoms with Crippen LogP contribution in [-0.2, 0) is 0 Å². The molecule has 2 rings (SSSR count). The molecule has 17 heavy (non-hydrogen) atoms. The van der Waals surface area contributed by atoms with Gasteiger partial charge in [0.05, 0.1) is 0 Å². The van der Waals surface area contributed by atoms with Crippen molar-refractivity contribution in [1.29, 1.82) is 0 Å². The quantitative estimate of drug-likeness (QED) is 0.736. The molecule has 2 unspecified atom stereocenters. The zero-order chi connectivity index (χ0) is 12.1. The molecule has 1 saturated heterocycles. The van der Waals surface area contributed by atoms with Crippen LogP contribution in [0.1, 0.15) is 24.9 Å². The standard InChI is InChI=1S/C14H22N2O/c1-11(12-5-3-2-4-6-12)16-14-9-15-8-7-13(14)10-17/h2-6,11,13-17H,7-10H2,1H3/t11-,13?,14?/m1/s1. The Hall–Kier alpha value is -0.900. The first-order valence-corrected chi connectivity index (χ1v) is 6.44. The predicted octanol–water partition coefficient (Wildman–Crippen LogP) is 1.31. The summed E-state index contributed by atoms with van der Waals surface area (Å²) in [5, 5.41) is 16.4. The van der Waals surface area contributed by atoms with Crippen LogP contribution in [-0.4, -0.2) is 30.8 Å². The molecule has 1 aromatic rings. The maximum absolute atomic E-state index is 9.38. The van der Waals surface area contributed by atoms with Gasteiger partial charge < -0.3 is 15.7 Å². The predicted molar refractivity (Wildman–Crippen MR) is 69.8 cm³/mol. The fraction of sp³-hybridized carbons (Fsp3) is 0.571. The van der Waals surface area contributed by atoms with E-state index < -0.39 is 0 Å².